The summed E-state index contributed by atoms with van der Waals surface area (Å²) in [5.41, 5.74) is 0.967. The fourth-order valence-electron chi connectivity index (χ4n) is 3.35. The predicted octanol–water partition coefficient (Wildman–Crippen LogP) is 0.507. The first-order valence-electron chi connectivity index (χ1n) is 9.53. The number of hydrogen-bond donors (Lipinski definition) is 3. The van der Waals surface area contributed by atoms with E-state index in [1.807, 2.05) is 6.07 Å². The zero-order chi connectivity index (χ0) is 20.6. The summed E-state index contributed by atoms with van der Waals surface area (Å²) in [6.45, 7) is 2.94. The highest BCUT2D eigenvalue weighted by atomic mass is 19.1. The predicted molar refractivity (Wildman–Crippen MR) is 105 cm³/mol. The van der Waals surface area contributed by atoms with Crippen LogP contribution < -0.4 is 15.5 Å². The molecule has 0 unspecified atom stereocenters. The third kappa shape index (κ3) is 5.55. The summed E-state index contributed by atoms with van der Waals surface area (Å²) in [7, 11) is 0. The molecule has 2 amide bonds. The Morgan fingerprint density at radius 3 is 2.38 bits per heavy atom. The lowest BCUT2D eigenvalue weighted by Crippen LogP contribution is -2.50. The number of aliphatic hydroxyl groups excluding tert-OH is 1. The van der Waals surface area contributed by atoms with Crippen LogP contribution >= 0.6 is 0 Å². The molecule has 1 atom stereocenters. The number of piperazine rings is 1. The van der Waals surface area contributed by atoms with E-state index < -0.39 is 11.8 Å². The average Bonchev–Trinajstić information content (AvgIpc) is 3.27. The number of rotatable bonds is 7. The van der Waals surface area contributed by atoms with Gasteiger partial charge in [-0.3, -0.25) is 14.5 Å². The van der Waals surface area contributed by atoms with Crippen LogP contribution in [0, 0.1) is 5.82 Å². The summed E-state index contributed by atoms with van der Waals surface area (Å²) in [4.78, 5) is 28.0. The Kier molecular flexibility index (Phi) is 7.20. The van der Waals surface area contributed by atoms with E-state index in [0.29, 0.717) is 5.76 Å². The van der Waals surface area contributed by atoms with Gasteiger partial charge in [0.15, 0.2) is 0 Å². The number of carbonyl (C=O) groups is 2. The van der Waals surface area contributed by atoms with Crippen LogP contribution in [0.15, 0.2) is 47.1 Å². The minimum Gasteiger partial charge on any atom is -0.468 e. The molecule has 2 aromatic rings. The van der Waals surface area contributed by atoms with Crippen LogP contribution in [0.3, 0.4) is 0 Å². The molecule has 3 N–H and O–H groups in total. The molecule has 1 aliphatic rings. The van der Waals surface area contributed by atoms with E-state index >= 15 is 0 Å². The van der Waals surface area contributed by atoms with Gasteiger partial charge in [-0.25, -0.2) is 4.39 Å². The van der Waals surface area contributed by atoms with Crippen LogP contribution in [0.5, 0.6) is 0 Å². The van der Waals surface area contributed by atoms with Crippen molar-refractivity contribution in [2.45, 2.75) is 6.04 Å². The third-order valence-electron chi connectivity index (χ3n) is 4.88. The first kappa shape index (κ1) is 20.8. The van der Waals surface area contributed by atoms with Crippen molar-refractivity contribution in [3.8, 4) is 0 Å². The summed E-state index contributed by atoms with van der Waals surface area (Å²) >= 11 is 0. The molecule has 0 bridgehead atoms. The zero-order valence-corrected chi connectivity index (χ0v) is 16.0. The molecule has 0 radical (unpaired) electrons. The van der Waals surface area contributed by atoms with Gasteiger partial charge in [-0.15, -0.1) is 0 Å². The molecule has 0 aliphatic carbocycles. The van der Waals surface area contributed by atoms with Gasteiger partial charge in [0.05, 0.1) is 18.9 Å². The van der Waals surface area contributed by atoms with Crippen molar-refractivity contribution in [1.29, 1.82) is 0 Å². The molecule has 2 heterocycles. The molecule has 1 aromatic heterocycles. The van der Waals surface area contributed by atoms with Gasteiger partial charge in [-0.2, -0.15) is 0 Å². The van der Waals surface area contributed by atoms with Gasteiger partial charge >= 0.3 is 11.8 Å². The molecule has 29 heavy (non-hydrogen) atoms. The number of benzene rings is 1. The van der Waals surface area contributed by atoms with Crippen LogP contribution in [0.4, 0.5) is 10.1 Å². The van der Waals surface area contributed by atoms with E-state index in [2.05, 4.69) is 20.4 Å². The highest BCUT2D eigenvalue weighted by Crippen LogP contribution is 2.24. The molecule has 1 saturated heterocycles. The summed E-state index contributed by atoms with van der Waals surface area (Å²) in [6.07, 6.45) is 1.58. The third-order valence-corrected chi connectivity index (χ3v) is 4.88. The molecular formula is C20H25FN4O4. The van der Waals surface area contributed by atoms with E-state index in [1.165, 1.54) is 12.1 Å². The number of nitrogens with one attached hydrogen (secondary N) is 2. The van der Waals surface area contributed by atoms with E-state index in [4.69, 9.17) is 9.52 Å². The minimum absolute atomic E-state index is 0.0270. The van der Waals surface area contributed by atoms with Crippen LogP contribution in [-0.4, -0.2) is 67.7 Å². The molecule has 9 heteroatoms. The Bertz CT molecular complexity index is 789. The van der Waals surface area contributed by atoms with E-state index in [-0.39, 0.29) is 31.6 Å². The summed E-state index contributed by atoms with van der Waals surface area (Å²) < 4.78 is 18.7. The van der Waals surface area contributed by atoms with Gasteiger partial charge in [-0.05, 0) is 36.4 Å². The van der Waals surface area contributed by atoms with Crippen LogP contribution in [0.2, 0.25) is 0 Å². The monoisotopic (exact) mass is 404 g/mol. The lowest BCUT2D eigenvalue weighted by atomic mass is 10.1. The van der Waals surface area contributed by atoms with Crippen LogP contribution in [0.25, 0.3) is 0 Å². The summed E-state index contributed by atoms with van der Waals surface area (Å²) in [5.74, 6) is -1.08. The number of hydrogen-bond acceptors (Lipinski definition) is 6. The lowest BCUT2D eigenvalue weighted by Gasteiger charge is -2.39. The van der Waals surface area contributed by atoms with Gasteiger partial charge in [0.1, 0.15) is 11.6 Å². The Hall–Kier alpha value is -2.91. The zero-order valence-electron chi connectivity index (χ0n) is 16.0. The molecular weight excluding hydrogens is 379 g/mol. The Morgan fingerprint density at radius 1 is 1.07 bits per heavy atom. The lowest BCUT2D eigenvalue weighted by molar-refractivity contribution is -0.139. The Labute approximate surface area is 168 Å². The maximum Gasteiger partial charge on any atom is 0.309 e. The van der Waals surface area contributed by atoms with Gasteiger partial charge in [-0.1, -0.05) is 0 Å². The maximum atomic E-state index is 13.1. The first-order chi connectivity index (χ1) is 14.1. The molecule has 8 nitrogen and oxygen atoms in total. The first-order valence-corrected chi connectivity index (χ1v) is 9.53. The van der Waals surface area contributed by atoms with Crippen molar-refractivity contribution in [2.24, 2.45) is 0 Å². The molecule has 1 aromatic carbocycles. The standard InChI is InChI=1S/C20H25FN4O4/c21-15-3-5-16(6-4-15)24-8-10-25(11-9-24)17(18-2-1-13-29-18)14-23-20(28)19(27)22-7-12-26/h1-6,13,17,26H,7-12,14H2,(H,22,27)(H,23,28)/t17-/m0/s1. The molecule has 3 rings (SSSR count). The van der Waals surface area contributed by atoms with Crippen LogP contribution in [0.1, 0.15) is 11.8 Å². The quantitative estimate of drug-likeness (QED) is 0.582. The Morgan fingerprint density at radius 2 is 1.76 bits per heavy atom. The van der Waals surface area contributed by atoms with Crippen LogP contribution in [-0.2, 0) is 9.59 Å². The summed E-state index contributed by atoms with van der Waals surface area (Å²) in [5, 5.41) is 13.7. The number of furan rings is 1. The van der Waals surface area contributed by atoms with Crippen molar-refractivity contribution >= 4 is 17.5 Å². The smallest absolute Gasteiger partial charge is 0.309 e. The number of aliphatic hydroxyl groups is 1. The highest BCUT2D eigenvalue weighted by Gasteiger charge is 2.28. The van der Waals surface area contributed by atoms with Gasteiger partial charge in [0.25, 0.3) is 0 Å². The number of anilines is 1. The number of nitrogens with zero attached hydrogens (tertiary/aromatic N) is 2. The summed E-state index contributed by atoms with van der Waals surface area (Å²) in [6, 6.07) is 9.84. The number of halogens is 1. The van der Waals surface area contributed by atoms with Crippen molar-refractivity contribution < 1.29 is 23.5 Å². The van der Waals surface area contributed by atoms with Gasteiger partial charge < -0.3 is 25.1 Å². The minimum atomic E-state index is -0.779. The van der Waals surface area contributed by atoms with Crippen molar-refractivity contribution in [3.05, 3.63) is 54.2 Å². The maximum absolute atomic E-state index is 13.1. The SMILES string of the molecule is O=C(NCCO)C(=O)NC[C@@H](c1ccco1)N1CCN(c2ccc(F)cc2)CC1. The second-order valence-electron chi connectivity index (χ2n) is 6.72. The van der Waals surface area contributed by atoms with Crippen molar-refractivity contribution in [2.75, 3.05) is 50.8 Å². The average molecular weight is 404 g/mol. The normalized spacial score (nSPS) is 15.7. The fourth-order valence-corrected chi connectivity index (χ4v) is 3.35. The molecule has 0 saturated carbocycles. The van der Waals surface area contributed by atoms with Gasteiger partial charge in [0, 0.05) is 45.0 Å². The van der Waals surface area contributed by atoms with Crippen molar-refractivity contribution in [1.82, 2.24) is 15.5 Å². The van der Waals surface area contributed by atoms with Crippen molar-refractivity contribution in [3.63, 3.8) is 0 Å². The molecule has 1 fully saturated rings. The fraction of sp³-hybridized carbons (Fsp3) is 0.400. The highest BCUT2D eigenvalue weighted by molar-refractivity contribution is 6.35. The topological polar surface area (TPSA) is 98.0 Å². The van der Waals surface area contributed by atoms with Gasteiger partial charge in [0.2, 0.25) is 0 Å². The number of carbonyl (C=O) groups excluding carboxylic acids is 2. The van der Waals surface area contributed by atoms with E-state index in [0.717, 1.165) is 31.9 Å². The second kappa shape index (κ2) is 10.0. The molecule has 0 spiro atoms. The largest absolute Gasteiger partial charge is 0.468 e. The van der Waals surface area contributed by atoms with E-state index in [1.54, 1.807) is 24.5 Å². The Balaban J connectivity index is 1.59. The number of amides is 2. The second-order valence-corrected chi connectivity index (χ2v) is 6.72. The molecule has 1 aliphatic heterocycles. The van der Waals surface area contributed by atoms with E-state index in [9.17, 15) is 14.0 Å². The molecule has 156 valence electrons.